The highest BCUT2D eigenvalue weighted by atomic mass is 35.5. The van der Waals surface area contributed by atoms with Crippen LogP contribution in [0.2, 0.25) is 23.2 Å². The summed E-state index contributed by atoms with van der Waals surface area (Å²) in [4.78, 5) is 26.6. The Bertz CT molecular complexity index is 913. The molecule has 0 bridgehead atoms. The zero-order valence-electron chi connectivity index (χ0n) is 20.5. The molecule has 0 radical (unpaired) electrons. The molecule has 1 aromatic rings. The van der Waals surface area contributed by atoms with Crippen LogP contribution >= 0.6 is 23.4 Å². The van der Waals surface area contributed by atoms with Crippen molar-refractivity contribution in [3.05, 3.63) is 33.7 Å². The van der Waals surface area contributed by atoms with Crippen molar-refractivity contribution in [3.8, 4) is 0 Å². The van der Waals surface area contributed by atoms with Crippen LogP contribution < -0.4 is 10.2 Å². The number of carbonyl (C=O) groups excluding carboxylic acids is 2. The summed E-state index contributed by atoms with van der Waals surface area (Å²) < 4.78 is 6.30. The van der Waals surface area contributed by atoms with E-state index >= 15 is 0 Å². The van der Waals surface area contributed by atoms with Gasteiger partial charge in [0.2, 0.25) is 5.12 Å². The number of halogens is 1. The van der Waals surface area contributed by atoms with Crippen molar-refractivity contribution >= 4 is 54.3 Å². The monoisotopic (exact) mass is 508 g/mol. The number of nitrogens with one attached hydrogen (secondary N) is 1. The van der Waals surface area contributed by atoms with E-state index in [2.05, 4.69) is 44.1 Å². The van der Waals surface area contributed by atoms with Gasteiger partial charge in [-0.3, -0.25) is 9.59 Å². The predicted octanol–water partition coefficient (Wildman–Crippen LogP) is 5.88. The molecule has 33 heavy (non-hydrogen) atoms. The highest BCUT2D eigenvalue weighted by Crippen LogP contribution is 2.38. The Morgan fingerprint density at radius 3 is 2.73 bits per heavy atom. The van der Waals surface area contributed by atoms with E-state index in [0.717, 1.165) is 68.5 Å². The fourth-order valence-corrected chi connectivity index (χ4v) is 6.15. The number of hydrogen-bond acceptors (Lipinski definition) is 6. The molecular formula is C25H37ClN2O3SSi. The van der Waals surface area contributed by atoms with Crippen LogP contribution in [0.25, 0.3) is 6.08 Å². The molecule has 0 aromatic heterocycles. The molecule has 2 aliphatic rings. The van der Waals surface area contributed by atoms with Crippen molar-refractivity contribution < 1.29 is 14.0 Å². The molecule has 2 aliphatic heterocycles. The van der Waals surface area contributed by atoms with Crippen LogP contribution in [0.1, 0.15) is 52.0 Å². The maximum Gasteiger partial charge on any atom is 0.201 e. The number of piperidine rings is 1. The van der Waals surface area contributed by atoms with E-state index in [0.29, 0.717) is 16.0 Å². The van der Waals surface area contributed by atoms with Crippen LogP contribution in [0, 0.1) is 0 Å². The molecule has 8 heteroatoms. The summed E-state index contributed by atoms with van der Waals surface area (Å²) in [6, 6.07) is 6.14. The van der Waals surface area contributed by atoms with Crippen LogP contribution in [0.15, 0.2) is 23.1 Å². The van der Waals surface area contributed by atoms with Gasteiger partial charge in [0.05, 0.1) is 22.0 Å². The van der Waals surface area contributed by atoms with Crippen LogP contribution in [0.4, 0.5) is 5.69 Å². The lowest BCUT2D eigenvalue weighted by molar-refractivity contribution is -0.119. The van der Waals surface area contributed by atoms with E-state index in [9.17, 15) is 9.59 Å². The molecule has 0 spiro atoms. The standard InChI is InChI=1S/C25H37ClN2O3SSi/c1-25(2,3)33(4,5)31-14-8-12-27-19-10-7-13-28(17-19)24-18(9-6-11-20(24)26)15-22-21(29)16-23(30)32-22/h6,9,11,15,19,27H,7-8,10,12-14,16-17H2,1-5H3/b22-15-/t19-/m1/s1. The summed E-state index contributed by atoms with van der Waals surface area (Å²) in [5, 5.41) is 4.53. The summed E-state index contributed by atoms with van der Waals surface area (Å²) in [6.45, 7) is 14.9. The molecule has 0 saturated carbocycles. The minimum Gasteiger partial charge on any atom is -0.417 e. The quantitative estimate of drug-likeness (QED) is 0.205. The van der Waals surface area contributed by atoms with Crippen LogP contribution in [-0.4, -0.2) is 51.5 Å². The Morgan fingerprint density at radius 2 is 2.06 bits per heavy atom. The number of hydrogen-bond donors (Lipinski definition) is 1. The maximum atomic E-state index is 12.1. The zero-order valence-corrected chi connectivity index (χ0v) is 23.1. The highest BCUT2D eigenvalue weighted by Gasteiger charge is 2.36. The number of thioether (sulfide) groups is 1. The average Bonchev–Trinajstić information content (AvgIpc) is 3.04. The topological polar surface area (TPSA) is 58.6 Å². The summed E-state index contributed by atoms with van der Waals surface area (Å²) >= 11 is 7.66. The van der Waals surface area contributed by atoms with E-state index < -0.39 is 8.32 Å². The van der Waals surface area contributed by atoms with Gasteiger partial charge < -0.3 is 14.6 Å². The lowest BCUT2D eigenvalue weighted by Gasteiger charge is -2.37. The van der Waals surface area contributed by atoms with Crippen LogP contribution in [0.3, 0.4) is 0 Å². The van der Waals surface area contributed by atoms with Gasteiger partial charge >= 0.3 is 0 Å². The van der Waals surface area contributed by atoms with Crippen molar-refractivity contribution in [1.29, 1.82) is 0 Å². The largest absolute Gasteiger partial charge is 0.417 e. The zero-order chi connectivity index (χ0) is 24.2. The second kappa shape index (κ2) is 11.1. The van der Waals surface area contributed by atoms with E-state index in [-0.39, 0.29) is 22.4 Å². The molecule has 0 aliphatic carbocycles. The van der Waals surface area contributed by atoms with Crippen molar-refractivity contribution in [2.75, 3.05) is 31.1 Å². The van der Waals surface area contributed by atoms with Crippen molar-refractivity contribution in [3.63, 3.8) is 0 Å². The van der Waals surface area contributed by atoms with Gasteiger partial charge in [-0.1, -0.05) is 44.5 Å². The normalized spacial score (nSPS) is 21.3. The Balaban J connectivity index is 1.59. The lowest BCUT2D eigenvalue weighted by atomic mass is 10.0. The molecule has 2 heterocycles. The number of rotatable bonds is 8. The minimum atomic E-state index is -1.69. The number of carbonyl (C=O) groups is 2. The molecule has 1 aromatic carbocycles. The van der Waals surface area contributed by atoms with Crippen LogP contribution in [-0.2, 0) is 14.0 Å². The summed E-state index contributed by atoms with van der Waals surface area (Å²) in [7, 11) is -1.69. The number of para-hydroxylation sites is 1. The van der Waals surface area contributed by atoms with Gasteiger partial charge in [-0.25, -0.2) is 0 Å². The summed E-state index contributed by atoms with van der Waals surface area (Å²) in [5.74, 6) is -0.103. The third-order valence-electron chi connectivity index (χ3n) is 6.87. The van der Waals surface area contributed by atoms with E-state index in [1.54, 1.807) is 0 Å². The van der Waals surface area contributed by atoms with Crippen LogP contribution in [0.5, 0.6) is 0 Å². The Kier molecular flexibility index (Phi) is 8.89. The summed E-state index contributed by atoms with van der Waals surface area (Å²) in [6.07, 6.45) is 5.02. The number of anilines is 1. The third kappa shape index (κ3) is 6.95. The van der Waals surface area contributed by atoms with Crippen molar-refractivity contribution in [2.24, 2.45) is 0 Å². The summed E-state index contributed by atoms with van der Waals surface area (Å²) in [5.41, 5.74) is 1.85. The van der Waals surface area contributed by atoms with Gasteiger partial charge in [0, 0.05) is 31.3 Å². The molecule has 2 fully saturated rings. The second-order valence-corrected chi connectivity index (χ2v) is 16.8. The first kappa shape index (κ1) is 26.5. The SMILES string of the molecule is CC(C)(C)[Si](C)(C)OCCCN[C@@H]1CCCN(c2c(Cl)cccc2/C=C2\SC(=O)CC2=O)C1. The first-order chi connectivity index (χ1) is 15.5. The number of allylic oxidation sites excluding steroid dienone is 1. The third-order valence-corrected chi connectivity index (χ3v) is 12.6. The highest BCUT2D eigenvalue weighted by molar-refractivity contribution is 8.18. The molecule has 0 amide bonds. The molecule has 5 nitrogen and oxygen atoms in total. The average molecular weight is 509 g/mol. The van der Waals surface area contributed by atoms with Gasteiger partial charge in [-0.2, -0.15) is 0 Å². The first-order valence-electron chi connectivity index (χ1n) is 11.8. The number of Topliss-reactive ketones (excluding diaryl/α,β-unsaturated/α-hetero) is 1. The molecule has 182 valence electrons. The number of benzene rings is 1. The number of ketones is 1. The van der Waals surface area contributed by atoms with Gasteiger partial charge in [0.15, 0.2) is 14.1 Å². The van der Waals surface area contributed by atoms with Gasteiger partial charge in [0.1, 0.15) is 0 Å². The smallest absolute Gasteiger partial charge is 0.201 e. The second-order valence-electron chi connectivity index (χ2n) is 10.5. The van der Waals surface area contributed by atoms with Gasteiger partial charge in [-0.05, 0) is 67.8 Å². The van der Waals surface area contributed by atoms with Gasteiger partial charge in [-0.15, -0.1) is 0 Å². The minimum absolute atomic E-state index is 0.0127. The Morgan fingerprint density at radius 1 is 1.30 bits per heavy atom. The van der Waals surface area contributed by atoms with E-state index in [1.165, 1.54) is 0 Å². The predicted molar refractivity (Wildman–Crippen MR) is 143 cm³/mol. The van der Waals surface area contributed by atoms with E-state index in [1.807, 2.05) is 24.3 Å². The van der Waals surface area contributed by atoms with Crippen molar-refractivity contribution in [2.45, 2.75) is 70.6 Å². The molecular weight excluding hydrogens is 472 g/mol. The molecule has 3 rings (SSSR count). The molecule has 0 unspecified atom stereocenters. The Hall–Kier alpha value is -1.12. The fourth-order valence-electron chi connectivity index (χ4n) is 3.94. The molecule has 1 N–H and O–H groups in total. The number of nitrogens with zero attached hydrogens (tertiary/aromatic N) is 1. The molecule has 2 saturated heterocycles. The molecule has 1 atom stereocenters. The maximum absolute atomic E-state index is 12.1. The lowest BCUT2D eigenvalue weighted by Crippen LogP contribution is -2.46. The Labute approximate surface area is 208 Å². The van der Waals surface area contributed by atoms with Gasteiger partial charge in [0.25, 0.3) is 0 Å². The first-order valence-corrected chi connectivity index (χ1v) is 15.9. The van der Waals surface area contributed by atoms with E-state index in [4.69, 9.17) is 16.0 Å². The fraction of sp³-hybridized carbons (Fsp3) is 0.600. The van der Waals surface area contributed by atoms with Crippen molar-refractivity contribution in [1.82, 2.24) is 5.32 Å².